The van der Waals surface area contributed by atoms with Crippen molar-refractivity contribution in [3.8, 4) is 0 Å². The Hall–Kier alpha value is -2.30. The van der Waals surface area contributed by atoms with E-state index >= 15 is 0 Å². The average Bonchev–Trinajstić information content (AvgIpc) is 3.02. The molecule has 0 aliphatic carbocycles. The van der Waals surface area contributed by atoms with Crippen molar-refractivity contribution in [2.45, 2.75) is 13.3 Å². The van der Waals surface area contributed by atoms with Gasteiger partial charge in [-0.05, 0) is 37.1 Å². The molecule has 5 heteroatoms. The maximum absolute atomic E-state index is 12.8. The zero-order valence-corrected chi connectivity index (χ0v) is 15.1. The van der Waals surface area contributed by atoms with Crippen LogP contribution in [0.4, 0.5) is 0 Å². The number of furan rings is 1. The molecule has 2 N–H and O–H groups in total. The summed E-state index contributed by atoms with van der Waals surface area (Å²) >= 11 is 0. The molecule has 2 aromatic carbocycles. The van der Waals surface area contributed by atoms with Crippen molar-refractivity contribution in [1.82, 2.24) is 4.90 Å². The third-order valence-corrected chi connectivity index (χ3v) is 4.08. The van der Waals surface area contributed by atoms with Crippen molar-refractivity contribution < 1.29 is 9.21 Å². The number of rotatable bonds is 6. The van der Waals surface area contributed by atoms with E-state index < -0.39 is 0 Å². The highest BCUT2D eigenvalue weighted by atomic mass is 35.5. The first-order chi connectivity index (χ1) is 11.7. The highest BCUT2D eigenvalue weighted by Gasteiger charge is 2.19. The summed E-state index contributed by atoms with van der Waals surface area (Å²) in [5.41, 5.74) is 8.77. The van der Waals surface area contributed by atoms with Crippen molar-refractivity contribution >= 4 is 29.3 Å². The lowest BCUT2D eigenvalue weighted by Crippen LogP contribution is -2.36. The molecule has 0 saturated carbocycles. The summed E-state index contributed by atoms with van der Waals surface area (Å²) in [6.07, 6.45) is 0.798. The second-order valence-electron chi connectivity index (χ2n) is 5.97. The van der Waals surface area contributed by atoms with Gasteiger partial charge in [-0.3, -0.25) is 4.79 Å². The molecule has 1 heterocycles. The monoisotopic (exact) mass is 358 g/mol. The second-order valence-corrected chi connectivity index (χ2v) is 5.97. The van der Waals surface area contributed by atoms with E-state index in [2.05, 4.69) is 12.1 Å². The van der Waals surface area contributed by atoms with E-state index in [4.69, 9.17) is 10.2 Å². The van der Waals surface area contributed by atoms with E-state index in [1.54, 1.807) is 4.90 Å². The van der Waals surface area contributed by atoms with Gasteiger partial charge in [0.15, 0.2) is 5.76 Å². The zero-order valence-electron chi connectivity index (χ0n) is 14.3. The molecule has 1 amide bonds. The Morgan fingerprint density at radius 3 is 2.56 bits per heavy atom. The van der Waals surface area contributed by atoms with E-state index in [0.717, 1.165) is 23.0 Å². The minimum atomic E-state index is -0.106. The number of halogens is 1. The van der Waals surface area contributed by atoms with Crippen LogP contribution in [0, 0.1) is 6.92 Å². The molecule has 0 aliphatic heterocycles. The Morgan fingerprint density at radius 1 is 1.08 bits per heavy atom. The van der Waals surface area contributed by atoms with Crippen LogP contribution in [0.5, 0.6) is 0 Å². The smallest absolute Gasteiger partial charge is 0.289 e. The fraction of sp³-hybridized carbons (Fsp3) is 0.250. The Bertz CT molecular complexity index is 830. The number of benzene rings is 2. The first kappa shape index (κ1) is 19.0. The first-order valence-corrected chi connectivity index (χ1v) is 8.21. The van der Waals surface area contributed by atoms with Crippen molar-refractivity contribution in [3.05, 3.63) is 71.5 Å². The van der Waals surface area contributed by atoms with Gasteiger partial charge in [0.25, 0.3) is 5.91 Å². The number of fused-ring (bicyclic) bond motifs is 1. The molecule has 0 unspecified atom stereocenters. The predicted octanol–water partition coefficient (Wildman–Crippen LogP) is 3.81. The SMILES string of the molecule is Cc1ccc2oc(C(=O)N(CCN)CCc3ccccc3)cc2c1.Cl. The maximum Gasteiger partial charge on any atom is 0.289 e. The van der Waals surface area contributed by atoms with Crippen molar-refractivity contribution in [3.63, 3.8) is 0 Å². The normalized spacial score (nSPS) is 10.5. The number of nitrogens with zero attached hydrogens (tertiary/aromatic N) is 1. The van der Waals surface area contributed by atoms with Crippen LogP contribution in [0.3, 0.4) is 0 Å². The van der Waals surface area contributed by atoms with Crippen LogP contribution in [0.2, 0.25) is 0 Å². The van der Waals surface area contributed by atoms with Crippen LogP contribution < -0.4 is 5.73 Å². The molecule has 0 atom stereocenters. The van der Waals surface area contributed by atoms with Crippen molar-refractivity contribution in [1.29, 1.82) is 0 Å². The van der Waals surface area contributed by atoms with Crippen LogP contribution in [-0.2, 0) is 6.42 Å². The van der Waals surface area contributed by atoms with Gasteiger partial charge in [-0.1, -0.05) is 42.0 Å². The molecule has 25 heavy (non-hydrogen) atoms. The van der Waals surface area contributed by atoms with Gasteiger partial charge in [-0.25, -0.2) is 0 Å². The maximum atomic E-state index is 12.8. The van der Waals surface area contributed by atoms with Gasteiger partial charge in [0.05, 0.1) is 0 Å². The summed E-state index contributed by atoms with van der Waals surface area (Å²) in [5, 5.41) is 0.953. The second kappa shape index (κ2) is 8.70. The lowest BCUT2D eigenvalue weighted by molar-refractivity contribution is 0.0732. The Kier molecular flexibility index (Phi) is 6.62. The molecular formula is C20H23ClN2O2. The van der Waals surface area contributed by atoms with Gasteiger partial charge in [0.2, 0.25) is 0 Å². The van der Waals surface area contributed by atoms with E-state index in [0.29, 0.717) is 25.4 Å². The van der Waals surface area contributed by atoms with E-state index in [-0.39, 0.29) is 18.3 Å². The van der Waals surface area contributed by atoms with E-state index in [1.807, 2.05) is 49.4 Å². The molecule has 0 fully saturated rings. The van der Waals surface area contributed by atoms with Crippen LogP contribution in [0.1, 0.15) is 21.7 Å². The summed E-state index contributed by atoms with van der Waals surface area (Å²) in [6, 6.07) is 17.8. The molecular weight excluding hydrogens is 336 g/mol. The molecule has 0 aliphatic rings. The highest BCUT2D eigenvalue weighted by molar-refractivity contribution is 5.96. The number of aryl methyl sites for hydroxylation is 1. The molecule has 1 aromatic heterocycles. The topological polar surface area (TPSA) is 59.5 Å². The molecule has 3 rings (SSSR count). The molecule has 132 valence electrons. The van der Waals surface area contributed by atoms with E-state index in [9.17, 15) is 4.79 Å². The van der Waals surface area contributed by atoms with Gasteiger partial charge < -0.3 is 15.1 Å². The van der Waals surface area contributed by atoms with Gasteiger partial charge in [-0.2, -0.15) is 0 Å². The Labute approximate surface area is 154 Å². The van der Waals surface area contributed by atoms with Crippen LogP contribution >= 0.6 is 12.4 Å². The minimum Gasteiger partial charge on any atom is -0.451 e. The molecule has 4 nitrogen and oxygen atoms in total. The molecule has 3 aromatic rings. The standard InChI is InChI=1S/C20H22N2O2.ClH/c1-15-7-8-18-17(13-15)14-19(24-18)20(23)22(12-10-21)11-9-16-5-3-2-4-6-16;/h2-8,13-14H,9-12,21H2,1H3;1H. The summed E-state index contributed by atoms with van der Waals surface area (Å²) in [6.45, 7) is 3.59. The van der Waals surface area contributed by atoms with Crippen LogP contribution in [0.25, 0.3) is 11.0 Å². The fourth-order valence-electron chi connectivity index (χ4n) is 2.80. The third kappa shape index (κ3) is 4.62. The number of hydrogen-bond donors (Lipinski definition) is 1. The average molecular weight is 359 g/mol. The minimum absolute atomic E-state index is 0. The summed E-state index contributed by atoms with van der Waals surface area (Å²) < 4.78 is 5.73. The third-order valence-electron chi connectivity index (χ3n) is 4.08. The lowest BCUT2D eigenvalue weighted by Gasteiger charge is -2.20. The number of amides is 1. The molecule has 0 bridgehead atoms. The quantitative estimate of drug-likeness (QED) is 0.729. The van der Waals surface area contributed by atoms with Gasteiger partial charge in [0.1, 0.15) is 5.58 Å². The van der Waals surface area contributed by atoms with Crippen LogP contribution in [-0.4, -0.2) is 30.4 Å². The predicted molar refractivity (Wildman–Crippen MR) is 103 cm³/mol. The largest absolute Gasteiger partial charge is 0.451 e. The molecule has 0 saturated heterocycles. The van der Waals surface area contributed by atoms with Gasteiger partial charge in [0, 0.05) is 25.0 Å². The number of nitrogens with two attached hydrogens (primary N) is 1. The number of hydrogen-bond acceptors (Lipinski definition) is 3. The highest BCUT2D eigenvalue weighted by Crippen LogP contribution is 2.21. The summed E-state index contributed by atoms with van der Waals surface area (Å²) in [7, 11) is 0. The zero-order chi connectivity index (χ0) is 16.9. The summed E-state index contributed by atoms with van der Waals surface area (Å²) in [4.78, 5) is 14.5. The molecule has 0 radical (unpaired) electrons. The van der Waals surface area contributed by atoms with E-state index in [1.165, 1.54) is 5.56 Å². The van der Waals surface area contributed by atoms with Gasteiger partial charge >= 0.3 is 0 Å². The lowest BCUT2D eigenvalue weighted by atomic mass is 10.1. The Morgan fingerprint density at radius 2 is 1.84 bits per heavy atom. The fourth-order valence-corrected chi connectivity index (χ4v) is 2.80. The van der Waals surface area contributed by atoms with Crippen molar-refractivity contribution in [2.75, 3.05) is 19.6 Å². The van der Waals surface area contributed by atoms with Crippen molar-refractivity contribution in [2.24, 2.45) is 5.73 Å². The number of carbonyl (C=O) groups is 1. The first-order valence-electron chi connectivity index (χ1n) is 8.21. The molecule has 0 spiro atoms. The van der Waals surface area contributed by atoms with Gasteiger partial charge in [-0.15, -0.1) is 12.4 Å². The number of carbonyl (C=O) groups excluding carboxylic acids is 1. The Balaban J connectivity index is 0.00000225. The van der Waals surface area contributed by atoms with Crippen LogP contribution in [0.15, 0.2) is 59.0 Å². The summed E-state index contributed by atoms with van der Waals surface area (Å²) in [5.74, 6) is 0.266.